The average Bonchev–Trinajstić information content (AvgIpc) is 2.75. The van der Waals surface area contributed by atoms with Crippen LogP contribution in [-0.4, -0.2) is 37.2 Å². The quantitative estimate of drug-likeness (QED) is 0.644. The van der Waals surface area contributed by atoms with Crippen LogP contribution < -0.4 is 15.4 Å². The van der Waals surface area contributed by atoms with Crippen LogP contribution in [0.15, 0.2) is 36.4 Å². The Balaban J connectivity index is 1.37. The van der Waals surface area contributed by atoms with Crippen LogP contribution in [0.3, 0.4) is 0 Å². The van der Waals surface area contributed by atoms with Crippen LogP contribution in [0.5, 0.6) is 5.75 Å². The van der Waals surface area contributed by atoms with E-state index in [-0.39, 0.29) is 47.5 Å². The van der Waals surface area contributed by atoms with Crippen molar-refractivity contribution >= 4 is 35.0 Å². The second-order valence-electron chi connectivity index (χ2n) is 6.99. The molecule has 1 saturated heterocycles. The molecule has 1 heterocycles. The van der Waals surface area contributed by atoms with E-state index in [0.717, 1.165) is 6.07 Å². The topological polar surface area (TPSA) is 76.7 Å². The predicted molar refractivity (Wildman–Crippen MR) is 111 cm³/mol. The summed E-state index contributed by atoms with van der Waals surface area (Å²) in [7, 11) is 0. The second kappa shape index (κ2) is 10.7. The summed E-state index contributed by atoms with van der Waals surface area (Å²) < 4.78 is 37.6. The molecule has 3 rings (SSSR count). The first-order valence-corrected chi connectivity index (χ1v) is 10.3. The molecule has 31 heavy (non-hydrogen) atoms. The van der Waals surface area contributed by atoms with E-state index in [9.17, 15) is 18.4 Å². The molecule has 2 aromatic carbocycles. The number of amides is 2. The molecular formula is C21H20Cl2F2N2O4. The second-order valence-corrected chi connectivity index (χ2v) is 7.81. The molecule has 1 aliphatic rings. The summed E-state index contributed by atoms with van der Waals surface area (Å²) in [4.78, 5) is 24.3. The molecular weight excluding hydrogens is 453 g/mol. The van der Waals surface area contributed by atoms with Crippen molar-refractivity contribution in [2.24, 2.45) is 0 Å². The molecule has 2 atom stereocenters. The van der Waals surface area contributed by atoms with Gasteiger partial charge in [0.2, 0.25) is 5.91 Å². The highest BCUT2D eigenvalue weighted by molar-refractivity contribution is 6.31. The van der Waals surface area contributed by atoms with Crippen molar-refractivity contribution in [1.82, 2.24) is 10.6 Å². The number of carbonyl (C=O) groups excluding carboxylic acids is 2. The first-order valence-electron chi connectivity index (χ1n) is 9.52. The maximum Gasteiger partial charge on any atom is 0.258 e. The summed E-state index contributed by atoms with van der Waals surface area (Å²) >= 11 is 11.2. The van der Waals surface area contributed by atoms with E-state index in [1.807, 2.05) is 0 Å². The molecule has 2 amide bonds. The van der Waals surface area contributed by atoms with E-state index in [2.05, 4.69) is 10.6 Å². The first kappa shape index (κ1) is 23.2. The molecule has 0 aliphatic carbocycles. The molecule has 2 N–H and O–H groups in total. The fourth-order valence-corrected chi connectivity index (χ4v) is 3.24. The van der Waals surface area contributed by atoms with Gasteiger partial charge in [-0.15, -0.1) is 0 Å². The fourth-order valence-electron chi connectivity index (χ4n) is 3.01. The van der Waals surface area contributed by atoms with Crippen molar-refractivity contribution < 1.29 is 27.8 Å². The lowest BCUT2D eigenvalue weighted by molar-refractivity contribution is -0.137. The van der Waals surface area contributed by atoms with Gasteiger partial charge in [-0.05, 0) is 42.7 Å². The van der Waals surface area contributed by atoms with Crippen molar-refractivity contribution in [3.05, 3.63) is 63.6 Å². The van der Waals surface area contributed by atoms with Crippen LogP contribution in [0.25, 0.3) is 0 Å². The Labute approximate surface area is 187 Å². The molecule has 0 aromatic heterocycles. The van der Waals surface area contributed by atoms with Gasteiger partial charge in [-0.3, -0.25) is 9.59 Å². The number of rotatable bonds is 7. The third-order valence-corrected chi connectivity index (χ3v) is 5.26. The van der Waals surface area contributed by atoms with Gasteiger partial charge in [-0.2, -0.15) is 0 Å². The zero-order chi connectivity index (χ0) is 22.4. The SMILES string of the molecule is O=C(COc1ccc(Cl)c(F)c1)N[C@@H]1CC[C@@H](C(=O)NCc2ccc(Cl)c(F)c2)OC1. The van der Waals surface area contributed by atoms with Crippen LogP contribution in [0.4, 0.5) is 8.78 Å². The van der Waals surface area contributed by atoms with Crippen molar-refractivity contribution in [1.29, 1.82) is 0 Å². The smallest absolute Gasteiger partial charge is 0.258 e. The summed E-state index contributed by atoms with van der Waals surface area (Å²) in [6.07, 6.45) is 0.294. The minimum absolute atomic E-state index is 0.0181. The zero-order valence-corrected chi connectivity index (χ0v) is 17.8. The van der Waals surface area contributed by atoms with E-state index in [1.54, 1.807) is 6.07 Å². The van der Waals surface area contributed by atoms with E-state index in [4.69, 9.17) is 32.7 Å². The zero-order valence-electron chi connectivity index (χ0n) is 16.3. The predicted octanol–water partition coefficient (Wildman–Crippen LogP) is 3.63. The largest absolute Gasteiger partial charge is 0.484 e. The third-order valence-electron chi connectivity index (χ3n) is 4.65. The monoisotopic (exact) mass is 472 g/mol. The molecule has 0 unspecified atom stereocenters. The van der Waals surface area contributed by atoms with E-state index >= 15 is 0 Å². The van der Waals surface area contributed by atoms with Gasteiger partial charge < -0.3 is 20.1 Å². The molecule has 1 aliphatic heterocycles. The molecule has 0 radical (unpaired) electrons. The summed E-state index contributed by atoms with van der Waals surface area (Å²) in [5.74, 6) is -1.70. The Hall–Kier alpha value is -2.42. The Kier molecular flexibility index (Phi) is 8.06. The molecule has 0 saturated carbocycles. The van der Waals surface area contributed by atoms with Crippen LogP contribution in [0.2, 0.25) is 10.0 Å². The van der Waals surface area contributed by atoms with Gasteiger partial charge in [-0.1, -0.05) is 29.3 Å². The standard InChI is InChI=1S/C21H20Cl2F2N2O4/c22-15-4-1-12(7-17(15)24)9-26-21(29)19-6-2-13(10-31-19)27-20(28)11-30-14-3-5-16(23)18(25)8-14/h1,3-5,7-8,13,19H,2,6,9-11H2,(H,26,29)(H,27,28)/t13-,19+/m1/s1. The average molecular weight is 473 g/mol. The van der Waals surface area contributed by atoms with Crippen molar-refractivity contribution in [2.75, 3.05) is 13.2 Å². The number of ether oxygens (including phenoxy) is 2. The van der Waals surface area contributed by atoms with Crippen molar-refractivity contribution in [3.63, 3.8) is 0 Å². The lowest BCUT2D eigenvalue weighted by Crippen LogP contribution is -2.48. The van der Waals surface area contributed by atoms with E-state index < -0.39 is 23.6 Å². The highest BCUT2D eigenvalue weighted by atomic mass is 35.5. The van der Waals surface area contributed by atoms with Gasteiger partial charge in [0.15, 0.2) is 6.61 Å². The Morgan fingerprint density at radius 1 is 1.06 bits per heavy atom. The van der Waals surface area contributed by atoms with Crippen LogP contribution >= 0.6 is 23.2 Å². The summed E-state index contributed by atoms with van der Waals surface area (Å²) in [6, 6.07) is 7.94. The maximum atomic E-state index is 13.5. The maximum absolute atomic E-state index is 13.5. The lowest BCUT2D eigenvalue weighted by Gasteiger charge is -2.28. The van der Waals surface area contributed by atoms with Crippen molar-refractivity contribution in [2.45, 2.75) is 31.5 Å². The summed E-state index contributed by atoms with van der Waals surface area (Å²) in [5.41, 5.74) is 0.580. The van der Waals surface area contributed by atoms with Gasteiger partial charge in [0.05, 0.1) is 22.7 Å². The summed E-state index contributed by atoms with van der Waals surface area (Å²) in [6.45, 7) is 0.0175. The number of hydrogen-bond donors (Lipinski definition) is 2. The highest BCUT2D eigenvalue weighted by Crippen LogP contribution is 2.20. The molecule has 1 fully saturated rings. The number of nitrogens with one attached hydrogen (secondary N) is 2. The van der Waals surface area contributed by atoms with Gasteiger partial charge in [-0.25, -0.2) is 8.78 Å². The van der Waals surface area contributed by atoms with Crippen LogP contribution in [-0.2, 0) is 20.9 Å². The molecule has 2 aromatic rings. The normalized spacial score (nSPS) is 18.3. The van der Waals surface area contributed by atoms with E-state index in [1.165, 1.54) is 24.3 Å². The fraction of sp³-hybridized carbons (Fsp3) is 0.333. The minimum atomic E-state index is -0.654. The third kappa shape index (κ3) is 6.78. The molecule has 0 spiro atoms. The Morgan fingerprint density at radius 3 is 2.42 bits per heavy atom. The highest BCUT2D eigenvalue weighted by Gasteiger charge is 2.27. The van der Waals surface area contributed by atoms with Crippen molar-refractivity contribution in [3.8, 4) is 5.75 Å². The van der Waals surface area contributed by atoms with Gasteiger partial charge in [0, 0.05) is 12.6 Å². The number of halogens is 4. The van der Waals surface area contributed by atoms with Crippen LogP contribution in [0.1, 0.15) is 18.4 Å². The Morgan fingerprint density at radius 2 is 1.77 bits per heavy atom. The number of hydrogen-bond acceptors (Lipinski definition) is 4. The lowest BCUT2D eigenvalue weighted by atomic mass is 10.0. The Bertz CT molecular complexity index is 953. The molecule has 10 heteroatoms. The summed E-state index contributed by atoms with van der Waals surface area (Å²) in [5, 5.41) is 5.43. The number of benzene rings is 2. The minimum Gasteiger partial charge on any atom is -0.484 e. The molecule has 0 bridgehead atoms. The van der Waals surface area contributed by atoms with E-state index in [0.29, 0.717) is 18.4 Å². The number of carbonyl (C=O) groups is 2. The van der Waals surface area contributed by atoms with Gasteiger partial charge in [0.25, 0.3) is 5.91 Å². The van der Waals surface area contributed by atoms with Gasteiger partial charge in [0.1, 0.15) is 23.5 Å². The molecule has 166 valence electrons. The molecule has 6 nitrogen and oxygen atoms in total. The first-order chi connectivity index (χ1) is 14.8. The van der Waals surface area contributed by atoms with Gasteiger partial charge >= 0.3 is 0 Å². The van der Waals surface area contributed by atoms with Crippen LogP contribution in [0, 0.1) is 11.6 Å².